The Bertz CT molecular complexity index is 476. The zero-order valence-corrected chi connectivity index (χ0v) is 17.4. The van der Waals surface area contributed by atoms with Gasteiger partial charge in [-0.15, -0.1) is 0 Å². The van der Waals surface area contributed by atoms with Crippen LogP contribution in [0.3, 0.4) is 0 Å². The van der Waals surface area contributed by atoms with Crippen LogP contribution in [0.4, 0.5) is 0 Å². The predicted molar refractivity (Wildman–Crippen MR) is 102 cm³/mol. The van der Waals surface area contributed by atoms with Crippen molar-refractivity contribution in [2.45, 2.75) is 63.2 Å². The first kappa shape index (κ1) is 17.6. The second kappa shape index (κ2) is 6.40. The van der Waals surface area contributed by atoms with Gasteiger partial charge in [0, 0.05) is 0 Å². The topological polar surface area (TPSA) is 9.23 Å². The van der Waals surface area contributed by atoms with Crippen molar-refractivity contribution in [1.82, 2.24) is 0 Å². The Morgan fingerprint density at radius 3 is 1.95 bits per heavy atom. The SMILES string of the molecule is C[Si](C)(C)O[Si](C)(C)c1ccc(C2(SCl)CCCC2)cc1. The summed E-state index contributed by atoms with van der Waals surface area (Å²) in [6.45, 7) is 11.4. The lowest BCUT2D eigenvalue weighted by atomic mass is 9.97. The van der Waals surface area contributed by atoms with E-state index < -0.39 is 16.6 Å². The molecule has 118 valence electrons. The molecule has 2 rings (SSSR count). The number of hydrogen-bond donors (Lipinski definition) is 0. The molecule has 0 saturated heterocycles. The van der Waals surface area contributed by atoms with E-state index in [9.17, 15) is 0 Å². The number of halogens is 1. The average molecular weight is 359 g/mol. The van der Waals surface area contributed by atoms with Crippen LogP contribution in [0.2, 0.25) is 32.7 Å². The summed E-state index contributed by atoms with van der Waals surface area (Å²) in [5.74, 6) is 0. The van der Waals surface area contributed by atoms with Gasteiger partial charge in [-0.25, -0.2) is 0 Å². The standard InChI is InChI=1S/C16H27ClOSSi2/c1-20(2,3)18-21(4,5)15-10-8-14(9-11-15)16(19-17)12-6-7-13-16/h8-11H,6-7,12-13H2,1-5H3. The Hall–Kier alpha value is 0.254. The van der Waals surface area contributed by atoms with Crippen molar-refractivity contribution in [2.75, 3.05) is 0 Å². The zero-order valence-electron chi connectivity index (χ0n) is 13.8. The summed E-state index contributed by atoms with van der Waals surface area (Å²) in [6, 6.07) is 9.15. The van der Waals surface area contributed by atoms with Gasteiger partial charge in [0.1, 0.15) is 0 Å². The van der Waals surface area contributed by atoms with Crippen molar-refractivity contribution >= 4 is 43.5 Å². The minimum absolute atomic E-state index is 0.144. The van der Waals surface area contributed by atoms with Crippen molar-refractivity contribution in [3.8, 4) is 0 Å². The third-order valence-corrected chi connectivity index (χ3v) is 12.3. The quantitative estimate of drug-likeness (QED) is 0.633. The molecular formula is C16H27ClOSSi2. The molecule has 1 aliphatic rings. The van der Waals surface area contributed by atoms with E-state index in [0.29, 0.717) is 0 Å². The Kier molecular flexibility index (Phi) is 5.36. The molecule has 0 radical (unpaired) electrons. The summed E-state index contributed by atoms with van der Waals surface area (Å²) in [7, 11) is 4.45. The van der Waals surface area contributed by atoms with Gasteiger partial charge in [0.25, 0.3) is 0 Å². The number of hydrogen-bond acceptors (Lipinski definition) is 2. The summed E-state index contributed by atoms with van der Waals surface area (Å²) in [5, 5.41) is 1.39. The fourth-order valence-electron chi connectivity index (χ4n) is 3.36. The van der Waals surface area contributed by atoms with Crippen LogP contribution in [-0.4, -0.2) is 16.6 Å². The van der Waals surface area contributed by atoms with Crippen molar-refractivity contribution in [3.63, 3.8) is 0 Å². The van der Waals surface area contributed by atoms with Crippen LogP contribution in [0, 0.1) is 0 Å². The van der Waals surface area contributed by atoms with Gasteiger partial charge in [0.2, 0.25) is 8.32 Å². The normalized spacial score (nSPS) is 19.0. The maximum absolute atomic E-state index is 6.47. The summed E-state index contributed by atoms with van der Waals surface area (Å²) < 4.78 is 6.62. The van der Waals surface area contributed by atoms with Gasteiger partial charge in [-0.1, -0.05) is 37.1 Å². The van der Waals surface area contributed by atoms with Gasteiger partial charge in [0.15, 0.2) is 8.32 Å². The lowest BCUT2D eigenvalue weighted by Gasteiger charge is -2.32. The molecule has 0 atom stereocenters. The maximum atomic E-state index is 6.47. The zero-order chi connectivity index (χ0) is 15.7. The molecule has 5 heteroatoms. The molecule has 0 amide bonds. The van der Waals surface area contributed by atoms with E-state index in [0.717, 1.165) is 0 Å². The van der Waals surface area contributed by atoms with Gasteiger partial charge in [-0.05, 0) is 78.0 Å². The molecule has 0 unspecified atom stereocenters. The van der Waals surface area contributed by atoms with E-state index in [1.54, 1.807) is 0 Å². The Morgan fingerprint density at radius 2 is 1.52 bits per heavy atom. The second-order valence-electron chi connectivity index (χ2n) is 7.58. The molecule has 1 aromatic carbocycles. The first-order chi connectivity index (χ1) is 9.69. The highest BCUT2D eigenvalue weighted by molar-refractivity contribution is 8.21. The van der Waals surface area contributed by atoms with Crippen molar-refractivity contribution in [2.24, 2.45) is 0 Å². The van der Waals surface area contributed by atoms with E-state index in [2.05, 4.69) is 57.0 Å². The number of benzene rings is 1. The van der Waals surface area contributed by atoms with Gasteiger partial charge < -0.3 is 4.12 Å². The lowest BCUT2D eigenvalue weighted by Crippen LogP contribution is -2.51. The Labute approximate surface area is 140 Å². The average Bonchev–Trinajstić information content (AvgIpc) is 2.86. The van der Waals surface area contributed by atoms with E-state index in [1.165, 1.54) is 47.4 Å². The largest absolute Gasteiger partial charge is 0.452 e. The third kappa shape index (κ3) is 4.16. The minimum Gasteiger partial charge on any atom is -0.452 e. The lowest BCUT2D eigenvalue weighted by molar-refractivity contribution is 0.566. The van der Waals surface area contributed by atoms with E-state index in [1.807, 2.05) is 0 Å². The summed E-state index contributed by atoms with van der Waals surface area (Å²) in [6.07, 6.45) is 4.99. The van der Waals surface area contributed by atoms with Gasteiger partial charge in [-0.2, -0.15) is 0 Å². The van der Waals surface area contributed by atoms with Crippen LogP contribution in [0.15, 0.2) is 24.3 Å². The molecule has 1 nitrogen and oxygen atoms in total. The molecule has 0 N–H and O–H groups in total. The van der Waals surface area contributed by atoms with Crippen LogP contribution in [-0.2, 0) is 8.86 Å². The van der Waals surface area contributed by atoms with Crippen molar-refractivity contribution in [3.05, 3.63) is 29.8 Å². The van der Waals surface area contributed by atoms with Gasteiger partial charge in [-0.3, -0.25) is 0 Å². The van der Waals surface area contributed by atoms with Gasteiger partial charge >= 0.3 is 0 Å². The minimum atomic E-state index is -1.79. The molecule has 0 aromatic heterocycles. The molecule has 1 fully saturated rings. The van der Waals surface area contributed by atoms with Crippen LogP contribution >= 0.6 is 21.7 Å². The molecule has 1 saturated carbocycles. The summed E-state index contributed by atoms with van der Waals surface area (Å²) >= 11 is 0. The van der Waals surface area contributed by atoms with Crippen molar-refractivity contribution < 1.29 is 4.12 Å². The highest BCUT2D eigenvalue weighted by atomic mass is 35.7. The molecule has 0 aliphatic heterocycles. The van der Waals surface area contributed by atoms with E-state index in [4.69, 9.17) is 14.8 Å². The Morgan fingerprint density at radius 1 is 1.00 bits per heavy atom. The monoisotopic (exact) mass is 358 g/mol. The molecule has 0 bridgehead atoms. The predicted octanol–water partition coefficient (Wildman–Crippen LogP) is 5.61. The fourth-order valence-corrected chi connectivity index (χ4v) is 12.3. The smallest absolute Gasteiger partial charge is 0.205 e. The molecule has 0 heterocycles. The van der Waals surface area contributed by atoms with E-state index >= 15 is 0 Å². The molecule has 21 heavy (non-hydrogen) atoms. The summed E-state index contributed by atoms with van der Waals surface area (Å²) in [4.78, 5) is 0. The first-order valence-corrected chi connectivity index (χ1v) is 15.8. The molecule has 1 aliphatic carbocycles. The van der Waals surface area contributed by atoms with Gasteiger partial charge in [0.05, 0.1) is 4.75 Å². The fraction of sp³-hybridized carbons (Fsp3) is 0.625. The molecular weight excluding hydrogens is 332 g/mol. The summed E-state index contributed by atoms with van der Waals surface area (Å²) in [5.41, 5.74) is 1.39. The van der Waals surface area contributed by atoms with E-state index in [-0.39, 0.29) is 4.75 Å². The van der Waals surface area contributed by atoms with Crippen molar-refractivity contribution in [1.29, 1.82) is 0 Å². The highest BCUT2D eigenvalue weighted by Gasteiger charge is 2.37. The first-order valence-electron chi connectivity index (χ1n) is 7.80. The van der Waals surface area contributed by atoms with Crippen LogP contribution in [0.5, 0.6) is 0 Å². The highest BCUT2D eigenvalue weighted by Crippen LogP contribution is 2.51. The maximum Gasteiger partial charge on any atom is 0.205 e. The molecule has 1 aromatic rings. The second-order valence-corrected chi connectivity index (χ2v) is 17.6. The van der Waals surface area contributed by atoms with Crippen LogP contribution in [0.1, 0.15) is 31.2 Å². The molecule has 0 spiro atoms. The van der Waals surface area contributed by atoms with Crippen LogP contribution in [0.25, 0.3) is 0 Å². The number of rotatable bonds is 5. The van der Waals surface area contributed by atoms with Crippen LogP contribution < -0.4 is 5.19 Å². The Balaban J connectivity index is 2.22. The third-order valence-electron chi connectivity index (χ3n) is 4.23.